The first-order valence-electron chi connectivity index (χ1n) is 8.61. The Bertz CT molecular complexity index is 1070. The third-order valence-electron chi connectivity index (χ3n) is 4.01. The standard InChI is InChI=1S/C20H20N2O5S/c1-4-27-14-7-5-13(6-8-14)19(24)21-20-22(12-18(23)26-3)16-10-9-15(25-2)11-17(16)28-20/h5-11H,4,12H2,1-3H3. The van der Waals surface area contributed by atoms with Gasteiger partial charge >= 0.3 is 5.97 Å². The van der Waals surface area contributed by atoms with E-state index in [4.69, 9.17) is 14.2 Å². The molecule has 0 saturated heterocycles. The van der Waals surface area contributed by atoms with Gasteiger partial charge in [0.05, 0.1) is 31.0 Å². The summed E-state index contributed by atoms with van der Waals surface area (Å²) >= 11 is 1.30. The number of rotatable bonds is 6. The van der Waals surface area contributed by atoms with Gasteiger partial charge in [-0.05, 0) is 49.4 Å². The van der Waals surface area contributed by atoms with Crippen molar-refractivity contribution in [2.75, 3.05) is 20.8 Å². The maximum Gasteiger partial charge on any atom is 0.325 e. The molecular weight excluding hydrogens is 380 g/mol. The molecule has 0 bridgehead atoms. The number of thiazole rings is 1. The summed E-state index contributed by atoms with van der Waals surface area (Å²) in [6.07, 6.45) is 0. The molecule has 0 N–H and O–H groups in total. The molecule has 0 spiro atoms. The molecule has 146 valence electrons. The Morgan fingerprint density at radius 2 is 1.79 bits per heavy atom. The number of aromatic nitrogens is 1. The van der Waals surface area contributed by atoms with Crippen LogP contribution in [-0.2, 0) is 16.1 Å². The second-order valence-corrected chi connectivity index (χ2v) is 6.76. The van der Waals surface area contributed by atoms with Crippen LogP contribution in [0.3, 0.4) is 0 Å². The maximum absolute atomic E-state index is 12.6. The van der Waals surface area contributed by atoms with E-state index in [1.807, 2.05) is 19.1 Å². The maximum atomic E-state index is 12.6. The Balaban J connectivity index is 2.05. The van der Waals surface area contributed by atoms with Gasteiger partial charge in [-0.15, -0.1) is 0 Å². The van der Waals surface area contributed by atoms with E-state index in [-0.39, 0.29) is 6.54 Å². The van der Waals surface area contributed by atoms with Crippen molar-refractivity contribution in [1.82, 2.24) is 4.57 Å². The minimum atomic E-state index is -0.425. The van der Waals surface area contributed by atoms with Crippen molar-refractivity contribution in [3.63, 3.8) is 0 Å². The molecule has 0 atom stereocenters. The molecule has 3 aromatic rings. The van der Waals surface area contributed by atoms with Crippen LogP contribution in [-0.4, -0.2) is 37.3 Å². The van der Waals surface area contributed by atoms with E-state index >= 15 is 0 Å². The quantitative estimate of drug-likeness (QED) is 0.594. The predicted octanol–water partition coefficient (Wildman–Crippen LogP) is 3.02. The molecule has 28 heavy (non-hydrogen) atoms. The predicted molar refractivity (Wildman–Crippen MR) is 106 cm³/mol. The number of nitrogens with zero attached hydrogens (tertiary/aromatic N) is 2. The second-order valence-electron chi connectivity index (χ2n) is 5.75. The van der Waals surface area contributed by atoms with Crippen LogP contribution in [0.2, 0.25) is 0 Å². The lowest BCUT2D eigenvalue weighted by molar-refractivity contribution is -0.141. The summed E-state index contributed by atoms with van der Waals surface area (Å²) in [6, 6.07) is 12.2. The Hall–Kier alpha value is -3.13. The summed E-state index contributed by atoms with van der Waals surface area (Å²) < 4.78 is 17.9. The third-order valence-corrected chi connectivity index (χ3v) is 5.06. The van der Waals surface area contributed by atoms with Crippen LogP contribution < -0.4 is 14.3 Å². The van der Waals surface area contributed by atoms with Crippen molar-refractivity contribution in [3.8, 4) is 11.5 Å². The number of esters is 1. The molecule has 0 unspecified atom stereocenters. The van der Waals surface area contributed by atoms with Gasteiger partial charge < -0.3 is 18.8 Å². The van der Waals surface area contributed by atoms with Crippen molar-refractivity contribution >= 4 is 33.4 Å². The molecule has 0 fully saturated rings. The molecule has 8 heteroatoms. The fourth-order valence-electron chi connectivity index (χ4n) is 2.62. The molecule has 1 amide bonds. The zero-order valence-corrected chi connectivity index (χ0v) is 16.6. The van der Waals surface area contributed by atoms with Crippen LogP contribution in [0.1, 0.15) is 17.3 Å². The minimum Gasteiger partial charge on any atom is -0.497 e. The Morgan fingerprint density at radius 1 is 1.07 bits per heavy atom. The van der Waals surface area contributed by atoms with Crippen LogP contribution in [0.5, 0.6) is 11.5 Å². The number of carbonyl (C=O) groups excluding carboxylic acids is 2. The van der Waals surface area contributed by atoms with Crippen molar-refractivity contribution in [3.05, 3.63) is 52.8 Å². The van der Waals surface area contributed by atoms with Gasteiger partial charge in [-0.25, -0.2) is 0 Å². The van der Waals surface area contributed by atoms with E-state index in [1.54, 1.807) is 42.0 Å². The molecule has 0 aliphatic heterocycles. The molecule has 1 heterocycles. The fraction of sp³-hybridized carbons (Fsp3) is 0.250. The first-order chi connectivity index (χ1) is 13.5. The molecule has 0 aliphatic carbocycles. The smallest absolute Gasteiger partial charge is 0.325 e. The summed E-state index contributed by atoms with van der Waals surface area (Å²) in [5, 5.41) is 0. The number of methoxy groups -OCH3 is 2. The van der Waals surface area contributed by atoms with E-state index in [2.05, 4.69) is 4.99 Å². The number of hydrogen-bond donors (Lipinski definition) is 0. The molecule has 3 rings (SSSR count). The summed E-state index contributed by atoms with van der Waals surface area (Å²) in [7, 11) is 2.90. The van der Waals surface area contributed by atoms with Crippen LogP contribution in [0.4, 0.5) is 0 Å². The number of carbonyl (C=O) groups is 2. The Morgan fingerprint density at radius 3 is 2.43 bits per heavy atom. The van der Waals surface area contributed by atoms with E-state index in [0.717, 1.165) is 10.2 Å². The van der Waals surface area contributed by atoms with Gasteiger partial charge in [-0.2, -0.15) is 4.99 Å². The van der Waals surface area contributed by atoms with Gasteiger partial charge in [0.1, 0.15) is 18.0 Å². The SMILES string of the molecule is CCOc1ccc(C(=O)N=c2sc3cc(OC)ccc3n2CC(=O)OC)cc1. The monoisotopic (exact) mass is 400 g/mol. The third kappa shape index (κ3) is 4.23. The van der Waals surface area contributed by atoms with Gasteiger partial charge in [0.2, 0.25) is 0 Å². The normalized spacial score (nSPS) is 11.5. The van der Waals surface area contributed by atoms with E-state index < -0.39 is 11.9 Å². The zero-order valence-electron chi connectivity index (χ0n) is 15.8. The largest absolute Gasteiger partial charge is 0.497 e. The average molecular weight is 400 g/mol. The van der Waals surface area contributed by atoms with Crippen molar-refractivity contribution in [2.24, 2.45) is 4.99 Å². The van der Waals surface area contributed by atoms with Gasteiger partial charge in [0.15, 0.2) is 4.80 Å². The minimum absolute atomic E-state index is 0.0434. The lowest BCUT2D eigenvalue weighted by atomic mass is 10.2. The van der Waals surface area contributed by atoms with Gasteiger partial charge in [0.25, 0.3) is 5.91 Å². The number of hydrogen-bond acceptors (Lipinski definition) is 6. The van der Waals surface area contributed by atoms with Gasteiger partial charge in [-0.3, -0.25) is 9.59 Å². The highest BCUT2D eigenvalue weighted by atomic mass is 32.1. The molecule has 0 aliphatic rings. The van der Waals surface area contributed by atoms with E-state index in [0.29, 0.717) is 28.5 Å². The fourth-order valence-corrected chi connectivity index (χ4v) is 3.68. The zero-order chi connectivity index (χ0) is 20.1. The summed E-state index contributed by atoms with van der Waals surface area (Å²) in [6.45, 7) is 2.40. The molecular formula is C20H20N2O5S. The molecule has 0 radical (unpaired) electrons. The highest BCUT2D eigenvalue weighted by molar-refractivity contribution is 7.16. The van der Waals surface area contributed by atoms with Crippen LogP contribution in [0, 0.1) is 0 Å². The van der Waals surface area contributed by atoms with Crippen molar-refractivity contribution in [1.29, 1.82) is 0 Å². The number of benzene rings is 2. The van der Waals surface area contributed by atoms with Crippen LogP contribution in [0.25, 0.3) is 10.2 Å². The number of ether oxygens (including phenoxy) is 3. The number of amides is 1. The molecule has 7 nitrogen and oxygen atoms in total. The van der Waals surface area contributed by atoms with Crippen molar-refractivity contribution < 1.29 is 23.8 Å². The highest BCUT2D eigenvalue weighted by Crippen LogP contribution is 2.23. The average Bonchev–Trinajstić information content (AvgIpc) is 3.04. The first kappa shape index (κ1) is 19.6. The highest BCUT2D eigenvalue weighted by Gasteiger charge is 2.13. The number of fused-ring (bicyclic) bond motifs is 1. The Labute approximate surface area is 165 Å². The Kier molecular flexibility index (Phi) is 6.10. The summed E-state index contributed by atoms with van der Waals surface area (Å²) in [5.41, 5.74) is 1.21. The summed E-state index contributed by atoms with van der Waals surface area (Å²) in [5.74, 6) is 0.544. The van der Waals surface area contributed by atoms with E-state index in [9.17, 15) is 9.59 Å². The van der Waals surface area contributed by atoms with Crippen LogP contribution in [0.15, 0.2) is 47.5 Å². The molecule has 2 aromatic carbocycles. The lowest BCUT2D eigenvalue weighted by Crippen LogP contribution is -2.22. The van der Waals surface area contributed by atoms with Gasteiger partial charge in [0, 0.05) is 5.56 Å². The van der Waals surface area contributed by atoms with Gasteiger partial charge in [-0.1, -0.05) is 11.3 Å². The van der Waals surface area contributed by atoms with Crippen LogP contribution >= 0.6 is 11.3 Å². The van der Waals surface area contributed by atoms with E-state index in [1.165, 1.54) is 18.4 Å². The topological polar surface area (TPSA) is 79.1 Å². The second kappa shape index (κ2) is 8.71. The lowest BCUT2D eigenvalue weighted by Gasteiger charge is -2.05. The summed E-state index contributed by atoms with van der Waals surface area (Å²) in [4.78, 5) is 29.1. The van der Waals surface area contributed by atoms with Crippen molar-refractivity contribution in [2.45, 2.75) is 13.5 Å². The molecule has 1 aromatic heterocycles. The molecule has 0 saturated carbocycles. The first-order valence-corrected chi connectivity index (χ1v) is 9.43.